The molecular formula is C9H8N2O8. The number of hydrogen-bond donors (Lipinski definition) is 3. The van der Waals surface area contributed by atoms with Crippen molar-refractivity contribution in [2.75, 3.05) is 0 Å². The SMILES string of the molecule is O=C(O)CC(NC(=O)c1ccc([N+](=O)[O-])o1)C(=O)O. The summed E-state index contributed by atoms with van der Waals surface area (Å²) in [6.45, 7) is 0. The first kappa shape index (κ1) is 14.2. The number of carboxylic acids is 2. The fraction of sp³-hybridized carbons (Fsp3) is 0.222. The molecular weight excluding hydrogens is 264 g/mol. The molecule has 19 heavy (non-hydrogen) atoms. The standard InChI is InChI=1S/C9H8N2O8/c12-7(13)3-4(9(15)16)10-8(14)5-1-2-6(19-5)11(17)18/h1-2,4H,3H2,(H,10,14)(H,12,13)(H,15,16). The number of carboxylic acid groups (broad SMARTS) is 2. The molecule has 1 heterocycles. The summed E-state index contributed by atoms with van der Waals surface area (Å²) in [6.07, 6.45) is -0.829. The molecule has 1 atom stereocenters. The molecule has 3 N–H and O–H groups in total. The molecule has 1 unspecified atom stereocenters. The van der Waals surface area contributed by atoms with Gasteiger partial charge in [-0.25, -0.2) is 4.79 Å². The minimum Gasteiger partial charge on any atom is -0.481 e. The number of carbonyl (C=O) groups excluding carboxylic acids is 1. The van der Waals surface area contributed by atoms with E-state index >= 15 is 0 Å². The Morgan fingerprint density at radius 3 is 2.42 bits per heavy atom. The van der Waals surface area contributed by atoms with Crippen molar-refractivity contribution in [1.29, 1.82) is 0 Å². The van der Waals surface area contributed by atoms with E-state index in [1.54, 1.807) is 0 Å². The molecule has 0 aromatic carbocycles. The molecule has 1 amide bonds. The molecule has 0 spiro atoms. The van der Waals surface area contributed by atoms with E-state index in [1.165, 1.54) is 0 Å². The van der Waals surface area contributed by atoms with Crippen LogP contribution in [0.5, 0.6) is 0 Å². The predicted octanol–water partition coefficient (Wildman–Crippen LogP) is -0.154. The van der Waals surface area contributed by atoms with Crippen molar-refractivity contribution in [1.82, 2.24) is 5.32 Å². The number of carbonyl (C=O) groups is 3. The lowest BCUT2D eigenvalue weighted by molar-refractivity contribution is -0.402. The van der Waals surface area contributed by atoms with E-state index in [0.717, 1.165) is 12.1 Å². The molecule has 10 heteroatoms. The lowest BCUT2D eigenvalue weighted by Gasteiger charge is -2.10. The van der Waals surface area contributed by atoms with Gasteiger partial charge in [-0.05, 0) is 6.07 Å². The van der Waals surface area contributed by atoms with E-state index in [1.807, 2.05) is 5.32 Å². The number of nitro groups is 1. The Balaban J connectivity index is 2.78. The Morgan fingerprint density at radius 1 is 1.37 bits per heavy atom. The Labute approximate surface area is 104 Å². The molecule has 1 aromatic rings. The van der Waals surface area contributed by atoms with Gasteiger partial charge < -0.3 is 19.9 Å². The number of hydrogen-bond acceptors (Lipinski definition) is 6. The predicted molar refractivity (Wildman–Crippen MR) is 56.5 cm³/mol. The van der Waals surface area contributed by atoms with Crippen LogP contribution in [0.1, 0.15) is 17.0 Å². The fourth-order valence-corrected chi connectivity index (χ4v) is 1.15. The van der Waals surface area contributed by atoms with E-state index in [4.69, 9.17) is 10.2 Å². The van der Waals surface area contributed by atoms with Crippen molar-refractivity contribution in [3.05, 3.63) is 28.0 Å². The van der Waals surface area contributed by atoms with Crippen LogP contribution in [0.25, 0.3) is 0 Å². The van der Waals surface area contributed by atoms with Crippen LogP contribution < -0.4 is 5.32 Å². The van der Waals surface area contributed by atoms with Crippen LogP contribution in [-0.2, 0) is 9.59 Å². The van der Waals surface area contributed by atoms with Gasteiger partial charge in [0.05, 0.1) is 12.5 Å². The second-order valence-electron chi connectivity index (χ2n) is 3.36. The van der Waals surface area contributed by atoms with Crippen molar-refractivity contribution < 1.29 is 33.9 Å². The second-order valence-corrected chi connectivity index (χ2v) is 3.36. The first-order valence-corrected chi connectivity index (χ1v) is 4.81. The van der Waals surface area contributed by atoms with E-state index in [-0.39, 0.29) is 0 Å². The van der Waals surface area contributed by atoms with Gasteiger partial charge >= 0.3 is 17.8 Å². The number of nitrogens with zero attached hydrogens (tertiary/aromatic N) is 1. The Hall–Kier alpha value is -2.91. The summed E-state index contributed by atoms with van der Waals surface area (Å²) in [5.41, 5.74) is 0. The van der Waals surface area contributed by atoms with E-state index in [9.17, 15) is 24.5 Å². The number of rotatable bonds is 6. The number of nitrogens with one attached hydrogen (secondary N) is 1. The van der Waals surface area contributed by atoms with Crippen molar-refractivity contribution in [2.45, 2.75) is 12.5 Å². The van der Waals surface area contributed by atoms with E-state index < -0.39 is 46.9 Å². The highest BCUT2D eigenvalue weighted by molar-refractivity contribution is 5.95. The van der Waals surface area contributed by atoms with Crippen molar-refractivity contribution in [2.24, 2.45) is 0 Å². The van der Waals surface area contributed by atoms with Gasteiger partial charge in [-0.15, -0.1) is 0 Å². The van der Waals surface area contributed by atoms with E-state index in [0.29, 0.717) is 0 Å². The molecule has 1 rings (SSSR count). The molecule has 0 aliphatic rings. The molecule has 0 bridgehead atoms. The highest BCUT2D eigenvalue weighted by atomic mass is 16.6. The van der Waals surface area contributed by atoms with Crippen LogP contribution in [-0.4, -0.2) is 39.0 Å². The molecule has 1 aromatic heterocycles. The number of aliphatic carboxylic acids is 2. The minimum absolute atomic E-state index is 0.483. The van der Waals surface area contributed by atoms with Crippen LogP contribution in [0.15, 0.2) is 16.5 Å². The van der Waals surface area contributed by atoms with Gasteiger partial charge in [0.25, 0.3) is 5.91 Å². The molecule has 102 valence electrons. The smallest absolute Gasteiger partial charge is 0.433 e. The van der Waals surface area contributed by atoms with Gasteiger partial charge in [-0.1, -0.05) is 0 Å². The van der Waals surface area contributed by atoms with Crippen LogP contribution in [0, 0.1) is 10.1 Å². The summed E-state index contributed by atoms with van der Waals surface area (Å²) < 4.78 is 4.54. The third kappa shape index (κ3) is 3.80. The van der Waals surface area contributed by atoms with Gasteiger partial charge in [-0.3, -0.25) is 19.7 Å². The number of furan rings is 1. The highest BCUT2D eigenvalue weighted by Crippen LogP contribution is 2.15. The molecule has 0 aliphatic heterocycles. The molecule has 0 saturated carbocycles. The lowest BCUT2D eigenvalue weighted by Crippen LogP contribution is -2.42. The monoisotopic (exact) mass is 272 g/mol. The fourth-order valence-electron chi connectivity index (χ4n) is 1.15. The zero-order valence-corrected chi connectivity index (χ0v) is 9.23. The average Bonchev–Trinajstić information content (AvgIpc) is 2.76. The van der Waals surface area contributed by atoms with Gasteiger partial charge in [0.2, 0.25) is 0 Å². The molecule has 0 radical (unpaired) electrons. The number of amides is 1. The largest absolute Gasteiger partial charge is 0.481 e. The average molecular weight is 272 g/mol. The van der Waals surface area contributed by atoms with Gasteiger partial charge in [-0.2, -0.15) is 0 Å². The molecule has 0 aliphatic carbocycles. The van der Waals surface area contributed by atoms with Gasteiger partial charge in [0, 0.05) is 0 Å². The quantitative estimate of drug-likeness (QED) is 0.475. The maximum atomic E-state index is 11.5. The molecule has 10 nitrogen and oxygen atoms in total. The van der Waals surface area contributed by atoms with Crippen LogP contribution in [0.2, 0.25) is 0 Å². The van der Waals surface area contributed by atoms with Crippen molar-refractivity contribution >= 4 is 23.7 Å². The van der Waals surface area contributed by atoms with Gasteiger partial charge in [0.15, 0.2) is 5.76 Å². The third-order valence-corrected chi connectivity index (χ3v) is 1.98. The summed E-state index contributed by atoms with van der Waals surface area (Å²) in [5.74, 6) is -5.18. The summed E-state index contributed by atoms with van der Waals surface area (Å²) in [5, 5.41) is 29.4. The summed E-state index contributed by atoms with van der Waals surface area (Å²) in [4.78, 5) is 42.0. The Morgan fingerprint density at radius 2 is 2.00 bits per heavy atom. The first-order valence-electron chi connectivity index (χ1n) is 4.81. The van der Waals surface area contributed by atoms with Crippen LogP contribution >= 0.6 is 0 Å². The normalized spacial score (nSPS) is 11.6. The maximum absolute atomic E-state index is 11.5. The van der Waals surface area contributed by atoms with Crippen LogP contribution in [0.4, 0.5) is 5.88 Å². The molecule has 0 saturated heterocycles. The summed E-state index contributed by atoms with van der Waals surface area (Å²) in [6, 6.07) is 0.240. The topological polar surface area (TPSA) is 160 Å². The summed E-state index contributed by atoms with van der Waals surface area (Å²) >= 11 is 0. The maximum Gasteiger partial charge on any atom is 0.433 e. The van der Waals surface area contributed by atoms with Crippen LogP contribution in [0.3, 0.4) is 0 Å². The Kier molecular flexibility index (Phi) is 4.19. The highest BCUT2D eigenvalue weighted by Gasteiger charge is 2.25. The van der Waals surface area contributed by atoms with Crippen molar-refractivity contribution in [3.63, 3.8) is 0 Å². The van der Waals surface area contributed by atoms with Crippen molar-refractivity contribution in [3.8, 4) is 0 Å². The van der Waals surface area contributed by atoms with E-state index in [2.05, 4.69) is 4.42 Å². The second kappa shape index (κ2) is 5.62. The zero-order chi connectivity index (χ0) is 14.6. The first-order chi connectivity index (χ1) is 8.81. The Bertz CT molecular complexity index is 534. The lowest BCUT2D eigenvalue weighted by atomic mass is 10.2. The molecule has 0 fully saturated rings. The summed E-state index contributed by atoms with van der Waals surface area (Å²) in [7, 11) is 0. The zero-order valence-electron chi connectivity index (χ0n) is 9.23. The van der Waals surface area contributed by atoms with Gasteiger partial charge in [0.1, 0.15) is 11.0 Å². The minimum atomic E-state index is -1.66. The third-order valence-electron chi connectivity index (χ3n) is 1.98.